The predicted octanol–water partition coefficient (Wildman–Crippen LogP) is 2.52. The van der Waals surface area contributed by atoms with E-state index in [4.69, 9.17) is 0 Å². The molecule has 90 valence electrons. The second kappa shape index (κ2) is 4.25. The zero-order valence-corrected chi connectivity index (χ0v) is 8.99. The highest BCUT2D eigenvalue weighted by Crippen LogP contribution is 2.24. The Morgan fingerprint density at radius 1 is 1.18 bits per heavy atom. The molecule has 0 aliphatic rings. The summed E-state index contributed by atoms with van der Waals surface area (Å²) in [6.07, 6.45) is 0.494. The lowest BCUT2D eigenvalue weighted by Crippen LogP contribution is -2.07. The van der Waals surface area contributed by atoms with Gasteiger partial charge in [0.05, 0.1) is 5.69 Å². The van der Waals surface area contributed by atoms with E-state index in [1.54, 1.807) is 29.9 Å². The fourth-order valence-corrected chi connectivity index (χ4v) is 1.66. The first-order chi connectivity index (χ1) is 8.00. The minimum atomic E-state index is -1.53. The van der Waals surface area contributed by atoms with Gasteiger partial charge in [0.15, 0.2) is 17.5 Å². The lowest BCUT2D eigenvalue weighted by atomic mass is 10.1. The normalized spacial score (nSPS) is 12.8. The van der Waals surface area contributed by atoms with Crippen molar-refractivity contribution in [2.75, 3.05) is 0 Å². The zero-order valence-electron chi connectivity index (χ0n) is 8.99. The first kappa shape index (κ1) is 11.7. The molecule has 5 heteroatoms. The fourth-order valence-electron chi connectivity index (χ4n) is 1.66. The Hall–Kier alpha value is -1.75. The van der Waals surface area contributed by atoms with Crippen LogP contribution in [0.25, 0.3) is 0 Å². The first-order valence-electron chi connectivity index (χ1n) is 4.94. The molecule has 0 saturated heterocycles. The summed E-state index contributed by atoms with van der Waals surface area (Å²) in [6, 6.07) is 4.88. The van der Waals surface area contributed by atoms with Crippen LogP contribution in [0.2, 0.25) is 0 Å². The molecule has 1 aromatic heterocycles. The highest BCUT2D eigenvalue weighted by Gasteiger charge is 2.18. The van der Waals surface area contributed by atoms with E-state index in [1.807, 2.05) is 0 Å². The number of aromatic nitrogens is 1. The second-order valence-electron chi connectivity index (χ2n) is 3.75. The average molecular weight is 241 g/mol. The summed E-state index contributed by atoms with van der Waals surface area (Å²) in [5.74, 6) is -4.16. The van der Waals surface area contributed by atoms with Crippen LogP contribution in [0.15, 0.2) is 30.5 Å². The van der Waals surface area contributed by atoms with Crippen LogP contribution in [0.1, 0.15) is 17.4 Å². The number of aliphatic hydroxyl groups is 1. The topological polar surface area (TPSA) is 25.2 Å². The van der Waals surface area contributed by atoms with Gasteiger partial charge in [0.2, 0.25) is 0 Å². The minimum Gasteiger partial charge on any atom is -0.382 e. The molecular formula is C12H10F3NO. The quantitative estimate of drug-likeness (QED) is 0.803. The number of aryl methyl sites for hydroxylation is 1. The lowest BCUT2D eigenvalue weighted by Gasteiger charge is -2.13. The van der Waals surface area contributed by atoms with E-state index < -0.39 is 23.6 Å². The predicted molar refractivity (Wildman–Crippen MR) is 55.8 cm³/mol. The maximum Gasteiger partial charge on any atom is 0.194 e. The summed E-state index contributed by atoms with van der Waals surface area (Å²) >= 11 is 0. The molecule has 1 unspecified atom stereocenters. The van der Waals surface area contributed by atoms with E-state index >= 15 is 0 Å². The third-order valence-electron chi connectivity index (χ3n) is 2.59. The molecule has 0 bridgehead atoms. The van der Waals surface area contributed by atoms with E-state index in [0.29, 0.717) is 5.69 Å². The Bertz CT molecular complexity index is 527. The van der Waals surface area contributed by atoms with Crippen molar-refractivity contribution in [3.63, 3.8) is 0 Å². The van der Waals surface area contributed by atoms with Crippen molar-refractivity contribution in [3.05, 3.63) is 59.2 Å². The zero-order chi connectivity index (χ0) is 12.6. The highest BCUT2D eigenvalue weighted by atomic mass is 19.2. The van der Waals surface area contributed by atoms with Crippen molar-refractivity contribution in [1.29, 1.82) is 0 Å². The molecule has 0 aliphatic carbocycles. The third-order valence-corrected chi connectivity index (χ3v) is 2.59. The number of halogens is 3. The summed E-state index contributed by atoms with van der Waals surface area (Å²) in [5.41, 5.74) is 0.443. The molecule has 0 amide bonds. The molecule has 2 rings (SSSR count). The molecule has 17 heavy (non-hydrogen) atoms. The van der Waals surface area contributed by atoms with E-state index in [-0.39, 0.29) is 5.56 Å². The van der Waals surface area contributed by atoms with Crippen LogP contribution in [0, 0.1) is 17.5 Å². The summed E-state index contributed by atoms with van der Waals surface area (Å²) < 4.78 is 40.4. The van der Waals surface area contributed by atoms with Crippen LogP contribution in [-0.2, 0) is 7.05 Å². The Morgan fingerprint density at radius 2 is 1.76 bits per heavy atom. The molecule has 0 aliphatic heterocycles. The largest absolute Gasteiger partial charge is 0.382 e. The van der Waals surface area contributed by atoms with Crippen molar-refractivity contribution < 1.29 is 18.3 Å². The van der Waals surface area contributed by atoms with Crippen molar-refractivity contribution in [2.45, 2.75) is 6.10 Å². The molecule has 0 saturated carbocycles. The molecular weight excluding hydrogens is 231 g/mol. The van der Waals surface area contributed by atoms with Crippen LogP contribution in [0.4, 0.5) is 13.2 Å². The van der Waals surface area contributed by atoms with Gasteiger partial charge in [-0.15, -0.1) is 0 Å². The third kappa shape index (κ3) is 2.06. The van der Waals surface area contributed by atoms with Crippen LogP contribution in [0.5, 0.6) is 0 Å². The average Bonchev–Trinajstić information content (AvgIpc) is 2.70. The van der Waals surface area contributed by atoms with Crippen LogP contribution < -0.4 is 0 Å². The number of hydrogen-bond acceptors (Lipinski definition) is 1. The molecule has 1 N–H and O–H groups in total. The number of hydrogen-bond donors (Lipinski definition) is 1. The van der Waals surface area contributed by atoms with Gasteiger partial charge in [0, 0.05) is 13.2 Å². The molecule has 1 aromatic carbocycles. The van der Waals surface area contributed by atoms with Crippen LogP contribution in [-0.4, -0.2) is 9.67 Å². The van der Waals surface area contributed by atoms with Crippen molar-refractivity contribution in [1.82, 2.24) is 4.57 Å². The minimum absolute atomic E-state index is 0.0248. The Labute approximate surface area is 95.9 Å². The number of rotatable bonds is 2. The summed E-state index contributed by atoms with van der Waals surface area (Å²) in [7, 11) is 1.69. The fraction of sp³-hybridized carbons (Fsp3) is 0.167. The molecule has 1 heterocycles. The SMILES string of the molecule is Cn1cccc1C(O)c1cc(F)c(F)c(F)c1. The van der Waals surface area contributed by atoms with Gasteiger partial charge in [-0.05, 0) is 29.8 Å². The lowest BCUT2D eigenvalue weighted by molar-refractivity contribution is 0.210. The van der Waals surface area contributed by atoms with E-state index in [1.165, 1.54) is 0 Å². The van der Waals surface area contributed by atoms with Crippen molar-refractivity contribution in [2.24, 2.45) is 7.05 Å². The van der Waals surface area contributed by atoms with Gasteiger partial charge in [-0.3, -0.25) is 0 Å². The number of aliphatic hydroxyl groups excluding tert-OH is 1. The summed E-state index contributed by atoms with van der Waals surface area (Å²) in [5, 5.41) is 9.92. The number of benzene rings is 1. The van der Waals surface area contributed by atoms with Crippen LogP contribution in [0.3, 0.4) is 0 Å². The second-order valence-corrected chi connectivity index (χ2v) is 3.75. The van der Waals surface area contributed by atoms with E-state index in [2.05, 4.69) is 0 Å². The van der Waals surface area contributed by atoms with Crippen molar-refractivity contribution >= 4 is 0 Å². The van der Waals surface area contributed by atoms with Gasteiger partial charge < -0.3 is 9.67 Å². The summed E-state index contributed by atoms with van der Waals surface area (Å²) in [6.45, 7) is 0. The van der Waals surface area contributed by atoms with Gasteiger partial charge in [-0.1, -0.05) is 0 Å². The molecule has 2 nitrogen and oxygen atoms in total. The van der Waals surface area contributed by atoms with Crippen molar-refractivity contribution in [3.8, 4) is 0 Å². The van der Waals surface area contributed by atoms with Gasteiger partial charge in [0.25, 0.3) is 0 Å². The molecule has 2 aromatic rings. The monoisotopic (exact) mass is 241 g/mol. The van der Waals surface area contributed by atoms with Gasteiger partial charge in [-0.2, -0.15) is 0 Å². The molecule has 0 spiro atoms. The molecule has 0 fully saturated rings. The Kier molecular flexibility index (Phi) is 2.93. The molecule has 0 radical (unpaired) electrons. The van der Waals surface area contributed by atoms with Gasteiger partial charge in [-0.25, -0.2) is 13.2 Å². The van der Waals surface area contributed by atoms with E-state index in [9.17, 15) is 18.3 Å². The van der Waals surface area contributed by atoms with Gasteiger partial charge >= 0.3 is 0 Å². The Morgan fingerprint density at radius 3 is 2.24 bits per heavy atom. The van der Waals surface area contributed by atoms with Gasteiger partial charge in [0.1, 0.15) is 6.10 Å². The smallest absolute Gasteiger partial charge is 0.194 e. The first-order valence-corrected chi connectivity index (χ1v) is 4.94. The Balaban J connectivity index is 2.45. The maximum absolute atomic E-state index is 13.0. The standard InChI is InChI=1S/C12H10F3NO/c1-16-4-2-3-10(16)12(17)7-5-8(13)11(15)9(14)6-7/h2-6,12,17H,1H3. The van der Waals surface area contributed by atoms with E-state index in [0.717, 1.165) is 12.1 Å². The molecule has 1 atom stereocenters. The summed E-state index contributed by atoms with van der Waals surface area (Å²) in [4.78, 5) is 0. The van der Waals surface area contributed by atoms with Crippen LogP contribution >= 0.6 is 0 Å². The number of nitrogens with zero attached hydrogens (tertiary/aromatic N) is 1. The highest BCUT2D eigenvalue weighted by molar-refractivity contribution is 5.28. The maximum atomic E-state index is 13.0.